The monoisotopic (exact) mass is 387 g/mol. The summed E-state index contributed by atoms with van der Waals surface area (Å²) in [6.45, 7) is 4.50. The average molecular weight is 387 g/mol. The van der Waals surface area contributed by atoms with Crippen LogP contribution in [-0.4, -0.2) is 50.8 Å². The van der Waals surface area contributed by atoms with Crippen LogP contribution in [0.5, 0.6) is 0 Å². The van der Waals surface area contributed by atoms with Crippen molar-refractivity contribution in [1.29, 1.82) is 0 Å². The Morgan fingerprint density at radius 1 is 1.00 bits per heavy atom. The Labute approximate surface area is 167 Å². The van der Waals surface area contributed by atoms with Crippen molar-refractivity contribution in [1.82, 2.24) is 24.5 Å². The molecule has 0 radical (unpaired) electrons. The second-order valence-electron chi connectivity index (χ2n) is 7.16. The van der Waals surface area contributed by atoms with Crippen LogP contribution in [0.4, 0.5) is 0 Å². The highest BCUT2D eigenvalue weighted by Gasteiger charge is 2.12. The topological polar surface area (TPSA) is 75.5 Å². The van der Waals surface area contributed by atoms with Gasteiger partial charge in [0.05, 0.1) is 30.8 Å². The van der Waals surface area contributed by atoms with Gasteiger partial charge in [-0.25, -0.2) is 9.50 Å². The standard InChI is InChI=1S/C22H21N5O2/c28-22-13-18(7-8-23-22)19-5-6-21-24-14-20(27(21)25-19)17-3-1-16(2-4-17)15-26-9-11-29-12-10-26/h1-8,13-14H,9-12,15H2,(H,23,28). The molecule has 146 valence electrons. The van der Waals surface area contributed by atoms with E-state index in [0.29, 0.717) is 0 Å². The van der Waals surface area contributed by atoms with Crippen molar-refractivity contribution in [3.05, 3.63) is 76.8 Å². The fourth-order valence-electron chi connectivity index (χ4n) is 3.63. The van der Waals surface area contributed by atoms with E-state index in [1.165, 1.54) is 5.56 Å². The number of aromatic nitrogens is 4. The SMILES string of the molecule is O=c1cc(-c2ccc3ncc(-c4ccc(CN5CCOCC5)cc4)n3n2)cc[nH]1. The second kappa shape index (κ2) is 7.62. The third kappa shape index (κ3) is 3.70. The maximum atomic E-state index is 11.6. The first-order chi connectivity index (χ1) is 14.3. The van der Waals surface area contributed by atoms with Gasteiger partial charge in [0.15, 0.2) is 5.65 Å². The number of fused-ring (bicyclic) bond motifs is 1. The zero-order chi connectivity index (χ0) is 19.6. The molecule has 1 N–H and O–H groups in total. The van der Waals surface area contributed by atoms with Crippen LogP contribution in [0.1, 0.15) is 5.56 Å². The molecule has 0 bridgehead atoms. The number of pyridine rings is 1. The van der Waals surface area contributed by atoms with Crippen LogP contribution in [-0.2, 0) is 11.3 Å². The molecule has 29 heavy (non-hydrogen) atoms. The van der Waals surface area contributed by atoms with E-state index in [9.17, 15) is 4.79 Å². The minimum atomic E-state index is -0.147. The van der Waals surface area contributed by atoms with Crippen molar-refractivity contribution in [2.45, 2.75) is 6.54 Å². The molecule has 4 heterocycles. The van der Waals surface area contributed by atoms with Crippen LogP contribution in [0.15, 0.2) is 65.7 Å². The summed E-state index contributed by atoms with van der Waals surface area (Å²) in [5.74, 6) is 0. The first-order valence-corrected chi connectivity index (χ1v) is 9.70. The molecule has 0 amide bonds. The van der Waals surface area contributed by atoms with Crippen molar-refractivity contribution < 1.29 is 4.74 Å². The molecule has 1 saturated heterocycles. The first-order valence-electron chi connectivity index (χ1n) is 9.70. The number of morpholine rings is 1. The third-order valence-electron chi connectivity index (χ3n) is 5.19. The minimum Gasteiger partial charge on any atom is -0.379 e. The first kappa shape index (κ1) is 17.8. The predicted molar refractivity (Wildman–Crippen MR) is 111 cm³/mol. The maximum Gasteiger partial charge on any atom is 0.248 e. The Morgan fingerprint density at radius 3 is 2.62 bits per heavy atom. The molecular formula is C22H21N5O2. The minimum absolute atomic E-state index is 0.147. The molecule has 1 aromatic carbocycles. The predicted octanol–water partition coefficient (Wildman–Crippen LogP) is 2.58. The van der Waals surface area contributed by atoms with E-state index in [4.69, 9.17) is 9.84 Å². The van der Waals surface area contributed by atoms with Crippen LogP contribution in [0, 0.1) is 0 Å². The van der Waals surface area contributed by atoms with Gasteiger partial charge in [-0.3, -0.25) is 9.69 Å². The number of hydrogen-bond donors (Lipinski definition) is 1. The lowest BCUT2D eigenvalue weighted by atomic mass is 10.1. The van der Waals surface area contributed by atoms with Gasteiger partial charge in [-0.1, -0.05) is 24.3 Å². The van der Waals surface area contributed by atoms with Gasteiger partial charge in [-0.2, -0.15) is 5.10 Å². The molecule has 0 saturated carbocycles. The lowest BCUT2D eigenvalue weighted by molar-refractivity contribution is 0.0342. The van der Waals surface area contributed by atoms with Crippen LogP contribution in [0.2, 0.25) is 0 Å². The van der Waals surface area contributed by atoms with Crippen LogP contribution >= 0.6 is 0 Å². The largest absolute Gasteiger partial charge is 0.379 e. The van der Waals surface area contributed by atoms with E-state index in [0.717, 1.165) is 61.0 Å². The van der Waals surface area contributed by atoms with Crippen molar-refractivity contribution in [2.75, 3.05) is 26.3 Å². The van der Waals surface area contributed by atoms with Gasteiger partial charge in [0, 0.05) is 43.0 Å². The number of nitrogens with one attached hydrogen (secondary N) is 1. The Hall–Kier alpha value is -3.29. The van der Waals surface area contributed by atoms with Gasteiger partial charge in [-0.15, -0.1) is 0 Å². The smallest absolute Gasteiger partial charge is 0.248 e. The summed E-state index contributed by atoms with van der Waals surface area (Å²) >= 11 is 0. The van der Waals surface area contributed by atoms with Gasteiger partial charge in [0.25, 0.3) is 0 Å². The van der Waals surface area contributed by atoms with E-state index in [1.807, 2.05) is 28.9 Å². The van der Waals surface area contributed by atoms with E-state index in [2.05, 4.69) is 39.1 Å². The molecule has 3 aromatic heterocycles. The number of nitrogens with zero attached hydrogens (tertiary/aromatic N) is 4. The van der Waals surface area contributed by atoms with E-state index < -0.39 is 0 Å². The van der Waals surface area contributed by atoms with Crippen LogP contribution in [0.25, 0.3) is 28.2 Å². The number of H-pyrrole nitrogens is 1. The van der Waals surface area contributed by atoms with Crippen molar-refractivity contribution in [2.24, 2.45) is 0 Å². The molecule has 1 aliphatic rings. The summed E-state index contributed by atoms with van der Waals surface area (Å²) in [4.78, 5) is 21.1. The summed E-state index contributed by atoms with van der Waals surface area (Å²) in [6, 6.07) is 15.7. The second-order valence-corrected chi connectivity index (χ2v) is 7.16. The molecule has 5 rings (SSSR count). The third-order valence-corrected chi connectivity index (χ3v) is 5.19. The highest BCUT2D eigenvalue weighted by molar-refractivity contribution is 5.65. The number of benzene rings is 1. The van der Waals surface area contributed by atoms with Crippen LogP contribution in [0.3, 0.4) is 0 Å². The van der Waals surface area contributed by atoms with E-state index in [1.54, 1.807) is 12.3 Å². The van der Waals surface area contributed by atoms with Crippen LogP contribution < -0.4 is 5.56 Å². The molecular weight excluding hydrogens is 366 g/mol. The maximum absolute atomic E-state index is 11.6. The van der Waals surface area contributed by atoms with Gasteiger partial charge in [0.1, 0.15) is 0 Å². The molecule has 7 nitrogen and oxygen atoms in total. The zero-order valence-corrected chi connectivity index (χ0v) is 15.9. The fourth-order valence-corrected chi connectivity index (χ4v) is 3.63. The Bertz CT molecular complexity index is 1190. The summed E-state index contributed by atoms with van der Waals surface area (Å²) < 4.78 is 7.24. The molecule has 1 fully saturated rings. The fraction of sp³-hybridized carbons (Fsp3) is 0.227. The average Bonchev–Trinajstić information content (AvgIpc) is 3.18. The molecule has 0 atom stereocenters. The molecule has 7 heteroatoms. The highest BCUT2D eigenvalue weighted by Crippen LogP contribution is 2.23. The molecule has 0 aliphatic carbocycles. The summed E-state index contributed by atoms with van der Waals surface area (Å²) in [5.41, 5.74) is 5.38. The number of imidazole rings is 1. The molecule has 0 unspecified atom stereocenters. The van der Waals surface area contributed by atoms with E-state index >= 15 is 0 Å². The molecule has 4 aromatic rings. The van der Waals surface area contributed by atoms with Crippen molar-refractivity contribution >= 4 is 5.65 Å². The number of aromatic amines is 1. The number of rotatable bonds is 4. The van der Waals surface area contributed by atoms with Crippen molar-refractivity contribution in [3.8, 4) is 22.5 Å². The van der Waals surface area contributed by atoms with Gasteiger partial charge in [-0.05, 0) is 23.8 Å². The number of hydrogen-bond acceptors (Lipinski definition) is 5. The Balaban J connectivity index is 1.45. The van der Waals surface area contributed by atoms with Gasteiger partial charge in [0.2, 0.25) is 5.56 Å². The van der Waals surface area contributed by atoms with Gasteiger partial charge >= 0.3 is 0 Å². The molecule has 0 spiro atoms. The van der Waals surface area contributed by atoms with Gasteiger partial charge < -0.3 is 9.72 Å². The highest BCUT2D eigenvalue weighted by atomic mass is 16.5. The Kier molecular flexibility index (Phi) is 4.67. The lowest BCUT2D eigenvalue weighted by Gasteiger charge is -2.26. The normalized spacial score (nSPS) is 15.0. The van der Waals surface area contributed by atoms with Crippen molar-refractivity contribution in [3.63, 3.8) is 0 Å². The number of ether oxygens (including phenoxy) is 1. The Morgan fingerprint density at radius 2 is 1.83 bits per heavy atom. The quantitative estimate of drug-likeness (QED) is 0.583. The summed E-state index contributed by atoms with van der Waals surface area (Å²) in [5, 5.41) is 4.72. The molecule has 1 aliphatic heterocycles. The lowest BCUT2D eigenvalue weighted by Crippen LogP contribution is -2.35. The van der Waals surface area contributed by atoms with E-state index in [-0.39, 0.29) is 5.56 Å². The summed E-state index contributed by atoms with van der Waals surface area (Å²) in [6.07, 6.45) is 3.46. The zero-order valence-electron chi connectivity index (χ0n) is 15.9. The summed E-state index contributed by atoms with van der Waals surface area (Å²) in [7, 11) is 0.